The molecule has 2 aliphatic rings. The van der Waals surface area contributed by atoms with Crippen LogP contribution in [0.25, 0.3) is 0 Å². The average Bonchev–Trinajstić information content (AvgIpc) is 2.80. The first-order chi connectivity index (χ1) is 14.6. The van der Waals surface area contributed by atoms with Crippen molar-refractivity contribution in [1.82, 2.24) is 14.8 Å². The van der Waals surface area contributed by atoms with Gasteiger partial charge in [-0.05, 0) is 56.7 Å². The highest BCUT2D eigenvalue weighted by Crippen LogP contribution is 2.30. The molecule has 158 valence electrons. The number of pyridine rings is 1. The van der Waals surface area contributed by atoms with Crippen LogP contribution in [0.2, 0.25) is 0 Å². The molecule has 0 atom stereocenters. The number of piperidine rings is 2. The molecule has 5 heteroatoms. The topological polar surface area (TPSA) is 53.5 Å². The lowest BCUT2D eigenvalue weighted by molar-refractivity contribution is -0.131. The minimum Gasteiger partial charge on any atom is -0.342 e. The summed E-state index contributed by atoms with van der Waals surface area (Å²) >= 11 is 0. The van der Waals surface area contributed by atoms with Crippen LogP contribution >= 0.6 is 0 Å². The summed E-state index contributed by atoms with van der Waals surface area (Å²) < 4.78 is 0. The van der Waals surface area contributed by atoms with Crippen LogP contribution < -0.4 is 0 Å². The summed E-state index contributed by atoms with van der Waals surface area (Å²) in [6.07, 6.45) is 5.55. The predicted molar refractivity (Wildman–Crippen MR) is 117 cm³/mol. The first-order valence-electron chi connectivity index (χ1n) is 11.2. The first-order valence-corrected chi connectivity index (χ1v) is 11.2. The highest BCUT2D eigenvalue weighted by Gasteiger charge is 2.29. The highest BCUT2D eigenvalue weighted by molar-refractivity contribution is 5.95. The third-order valence-electron chi connectivity index (χ3n) is 6.37. The van der Waals surface area contributed by atoms with E-state index in [1.54, 1.807) is 0 Å². The maximum atomic E-state index is 13.2. The molecule has 2 aromatic rings. The van der Waals surface area contributed by atoms with Crippen LogP contribution in [-0.2, 0) is 11.2 Å². The van der Waals surface area contributed by atoms with E-state index in [1.165, 1.54) is 6.42 Å². The summed E-state index contributed by atoms with van der Waals surface area (Å²) in [6, 6.07) is 13.8. The second-order valence-electron chi connectivity index (χ2n) is 8.56. The Morgan fingerprint density at radius 2 is 1.60 bits per heavy atom. The normalized spacial score (nSPS) is 17.8. The van der Waals surface area contributed by atoms with Gasteiger partial charge in [-0.25, -0.2) is 0 Å². The van der Waals surface area contributed by atoms with E-state index in [0.29, 0.717) is 6.42 Å². The quantitative estimate of drug-likeness (QED) is 0.774. The third kappa shape index (κ3) is 4.72. The van der Waals surface area contributed by atoms with Gasteiger partial charge in [-0.3, -0.25) is 14.6 Å². The Morgan fingerprint density at radius 1 is 0.900 bits per heavy atom. The molecule has 1 aromatic heterocycles. The Morgan fingerprint density at radius 3 is 2.30 bits per heavy atom. The summed E-state index contributed by atoms with van der Waals surface area (Å²) in [6.45, 7) is 5.13. The lowest BCUT2D eigenvalue weighted by atomic mass is 9.89. The minimum atomic E-state index is 0.125. The summed E-state index contributed by atoms with van der Waals surface area (Å²) in [4.78, 5) is 34.6. The molecular formula is C25H31N3O2. The number of likely N-dealkylation sites (tertiary alicyclic amines) is 2. The Hall–Kier alpha value is -2.69. The van der Waals surface area contributed by atoms with Crippen molar-refractivity contribution in [2.75, 3.05) is 26.2 Å². The van der Waals surface area contributed by atoms with Crippen molar-refractivity contribution in [3.63, 3.8) is 0 Å². The molecule has 30 heavy (non-hydrogen) atoms. The lowest BCUT2D eigenvalue weighted by Crippen LogP contribution is -2.40. The number of carbonyl (C=O) groups excluding carboxylic acids is 2. The van der Waals surface area contributed by atoms with E-state index < -0.39 is 0 Å². The van der Waals surface area contributed by atoms with E-state index in [2.05, 4.69) is 0 Å². The number of amides is 2. The number of aromatic nitrogens is 1. The van der Waals surface area contributed by atoms with Crippen molar-refractivity contribution < 1.29 is 9.59 Å². The monoisotopic (exact) mass is 405 g/mol. The van der Waals surface area contributed by atoms with Crippen LogP contribution in [-0.4, -0.2) is 52.8 Å². The summed E-state index contributed by atoms with van der Waals surface area (Å²) in [5.74, 6) is 0.538. The molecule has 0 N–H and O–H groups in total. The summed E-state index contributed by atoms with van der Waals surface area (Å²) in [5.41, 5.74) is 3.69. The molecule has 0 radical (unpaired) electrons. The van der Waals surface area contributed by atoms with Crippen molar-refractivity contribution in [3.8, 4) is 0 Å². The Bertz CT molecular complexity index is 883. The largest absolute Gasteiger partial charge is 0.342 e. The van der Waals surface area contributed by atoms with Crippen molar-refractivity contribution in [2.24, 2.45) is 0 Å². The molecular weight excluding hydrogens is 374 g/mol. The molecule has 0 saturated carbocycles. The second-order valence-corrected chi connectivity index (χ2v) is 8.56. The molecule has 1 aromatic carbocycles. The van der Waals surface area contributed by atoms with E-state index >= 15 is 0 Å². The van der Waals surface area contributed by atoms with Gasteiger partial charge in [-0.1, -0.05) is 30.3 Å². The molecule has 0 bridgehead atoms. The number of rotatable bonds is 4. The second kappa shape index (κ2) is 9.41. The number of nitrogens with zero attached hydrogens (tertiary/aromatic N) is 3. The minimum absolute atomic E-state index is 0.125. The van der Waals surface area contributed by atoms with Gasteiger partial charge >= 0.3 is 0 Å². The fraction of sp³-hybridized carbons (Fsp3) is 0.480. The van der Waals surface area contributed by atoms with Gasteiger partial charge in [-0.2, -0.15) is 0 Å². The zero-order chi connectivity index (χ0) is 20.9. The number of hydrogen-bond donors (Lipinski definition) is 0. The van der Waals surface area contributed by atoms with E-state index in [-0.39, 0.29) is 17.7 Å². The van der Waals surface area contributed by atoms with Gasteiger partial charge in [0.25, 0.3) is 5.91 Å². The number of carbonyl (C=O) groups is 2. The third-order valence-corrected chi connectivity index (χ3v) is 6.37. The standard InChI is InChI=1S/C25H31N3O2/c1-19-10-11-22(25(30)28-14-6-3-7-15-28)24(26-19)21-12-16-27(17-13-21)23(29)18-20-8-4-2-5-9-20/h2,4-5,8-11,21H,3,6-7,12-18H2,1H3. The van der Waals surface area contributed by atoms with Crippen LogP contribution in [0.15, 0.2) is 42.5 Å². The van der Waals surface area contributed by atoms with E-state index in [4.69, 9.17) is 4.98 Å². The molecule has 3 heterocycles. The predicted octanol–water partition coefficient (Wildman–Crippen LogP) is 3.96. The van der Waals surface area contributed by atoms with Gasteiger partial charge in [0.1, 0.15) is 0 Å². The highest BCUT2D eigenvalue weighted by atomic mass is 16.2. The zero-order valence-electron chi connectivity index (χ0n) is 17.8. The maximum Gasteiger partial charge on any atom is 0.255 e. The molecule has 4 rings (SSSR count). The van der Waals surface area contributed by atoms with Crippen LogP contribution in [0.1, 0.15) is 65.3 Å². The molecule has 0 unspecified atom stereocenters. The Balaban J connectivity index is 1.43. The molecule has 0 spiro atoms. The molecule has 2 saturated heterocycles. The van der Waals surface area contributed by atoms with Gasteiger partial charge in [0.05, 0.1) is 17.7 Å². The van der Waals surface area contributed by atoms with Crippen molar-refractivity contribution in [1.29, 1.82) is 0 Å². The summed E-state index contributed by atoms with van der Waals surface area (Å²) in [7, 11) is 0. The van der Waals surface area contributed by atoms with Gasteiger partial charge in [-0.15, -0.1) is 0 Å². The Kier molecular flexibility index (Phi) is 6.46. The van der Waals surface area contributed by atoms with E-state index in [9.17, 15) is 9.59 Å². The van der Waals surface area contributed by atoms with Crippen LogP contribution in [0.3, 0.4) is 0 Å². The Labute approximate surface area is 179 Å². The average molecular weight is 406 g/mol. The molecule has 2 amide bonds. The maximum absolute atomic E-state index is 13.2. The number of aryl methyl sites for hydroxylation is 1. The van der Waals surface area contributed by atoms with Crippen molar-refractivity contribution >= 4 is 11.8 Å². The van der Waals surface area contributed by atoms with E-state index in [1.807, 2.05) is 59.2 Å². The van der Waals surface area contributed by atoms with Gasteiger partial charge < -0.3 is 9.80 Å². The lowest BCUT2D eigenvalue weighted by Gasteiger charge is -2.33. The van der Waals surface area contributed by atoms with Crippen LogP contribution in [0.5, 0.6) is 0 Å². The van der Waals surface area contributed by atoms with E-state index in [0.717, 1.165) is 74.4 Å². The molecule has 2 aliphatic heterocycles. The zero-order valence-corrected chi connectivity index (χ0v) is 17.8. The molecule has 2 fully saturated rings. The van der Waals surface area contributed by atoms with Crippen molar-refractivity contribution in [3.05, 3.63) is 65.0 Å². The molecule has 0 aliphatic carbocycles. The number of hydrogen-bond acceptors (Lipinski definition) is 3. The van der Waals surface area contributed by atoms with Gasteiger partial charge in [0.2, 0.25) is 5.91 Å². The fourth-order valence-corrected chi connectivity index (χ4v) is 4.62. The summed E-state index contributed by atoms with van der Waals surface area (Å²) in [5, 5.41) is 0. The first kappa shape index (κ1) is 20.6. The van der Waals surface area contributed by atoms with Gasteiger partial charge in [0, 0.05) is 37.8 Å². The van der Waals surface area contributed by atoms with Crippen LogP contribution in [0, 0.1) is 6.92 Å². The SMILES string of the molecule is Cc1ccc(C(=O)N2CCCCC2)c(C2CCN(C(=O)Cc3ccccc3)CC2)n1. The molecule has 5 nitrogen and oxygen atoms in total. The number of benzene rings is 1. The fourth-order valence-electron chi connectivity index (χ4n) is 4.62. The van der Waals surface area contributed by atoms with Crippen molar-refractivity contribution in [2.45, 2.75) is 51.4 Å². The smallest absolute Gasteiger partial charge is 0.255 e. The van der Waals surface area contributed by atoms with Crippen LogP contribution in [0.4, 0.5) is 0 Å². The van der Waals surface area contributed by atoms with Gasteiger partial charge in [0.15, 0.2) is 0 Å².